The molecule has 116 valence electrons. The molecule has 0 aliphatic carbocycles. The second-order valence-electron chi connectivity index (χ2n) is 4.94. The molecule has 1 aromatic heterocycles. The lowest BCUT2D eigenvalue weighted by Crippen LogP contribution is -2.28. The van der Waals surface area contributed by atoms with Gasteiger partial charge in [0.15, 0.2) is 0 Å². The Labute approximate surface area is 128 Å². The fourth-order valence-electron chi connectivity index (χ4n) is 2.31. The van der Waals surface area contributed by atoms with E-state index in [9.17, 15) is 9.59 Å². The normalized spacial score (nSPS) is 10.6. The third-order valence-electron chi connectivity index (χ3n) is 3.58. The van der Waals surface area contributed by atoms with E-state index in [1.54, 1.807) is 13.2 Å². The molecule has 0 radical (unpaired) electrons. The fourth-order valence-corrected chi connectivity index (χ4v) is 2.31. The molecule has 2 aromatic rings. The second kappa shape index (κ2) is 7.04. The average Bonchev–Trinajstić information content (AvgIpc) is 2.53. The van der Waals surface area contributed by atoms with Crippen molar-refractivity contribution in [2.75, 3.05) is 13.7 Å². The van der Waals surface area contributed by atoms with Gasteiger partial charge in [-0.25, -0.2) is 4.79 Å². The molecule has 0 saturated carbocycles. The summed E-state index contributed by atoms with van der Waals surface area (Å²) in [5.41, 5.74) is 2.03. The monoisotopic (exact) mass is 301 g/mol. The molecular formula is C17H19NO4. The van der Waals surface area contributed by atoms with Crippen LogP contribution in [0.4, 0.5) is 0 Å². The zero-order valence-electron chi connectivity index (χ0n) is 12.7. The summed E-state index contributed by atoms with van der Waals surface area (Å²) >= 11 is 0. The number of hydrogen-bond acceptors (Lipinski definition) is 3. The maximum Gasteiger partial charge on any atom is 0.341 e. The fraction of sp³-hybridized carbons (Fsp3) is 0.294. The number of hydrogen-bond donors (Lipinski definition) is 1. The molecule has 0 amide bonds. The number of aromatic carboxylic acids is 1. The number of pyridine rings is 1. The molecule has 0 unspecified atom stereocenters. The largest absolute Gasteiger partial charge is 0.477 e. The van der Waals surface area contributed by atoms with Gasteiger partial charge in [-0.1, -0.05) is 31.2 Å². The van der Waals surface area contributed by atoms with Crippen LogP contribution in [0.15, 0.2) is 41.2 Å². The Morgan fingerprint density at radius 1 is 1.18 bits per heavy atom. The first-order valence-electron chi connectivity index (χ1n) is 7.13. The third-order valence-corrected chi connectivity index (χ3v) is 3.58. The average molecular weight is 301 g/mol. The number of aryl methyl sites for hydroxylation is 1. The van der Waals surface area contributed by atoms with E-state index in [0.29, 0.717) is 18.8 Å². The van der Waals surface area contributed by atoms with Crippen molar-refractivity contribution in [3.63, 3.8) is 0 Å². The molecule has 2 rings (SSSR count). The summed E-state index contributed by atoms with van der Waals surface area (Å²) in [6.45, 7) is 2.72. The van der Waals surface area contributed by atoms with Crippen LogP contribution in [-0.4, -0.2) is 29.4 Å². The summed E-state index contributed by atoms with van der Waals surface area (Å²) in [4.78, 5) is 23.5. The van der Waals surface area contributed by atoms with Gasteiger partial charge >= 0.3 is 5.97 Å². The molecule has 0 atom stereocenters. The standard InChI is InChI=1S/C17H19NO4/c1-3-12-4-6-13(7-5-12)15-9-8-14(17(20)21)16(19)18(15)10-11-22-2/h4-9H,3,10-11H2,1-2H3,(H,20,21). The lowest BCUT2D eigenvalue weighted by molar-refractivity contribution is 0.0694. The van der Waals surface area contributed by atoms with Crippen LogP contribution in [0, 0.1) is 0 Å². The number of nitrogens with zero attached hydrogens (tertiary/aromatic N) is 1. The van der Waals surface area contributed by atoms with Crippen LogP contribution >= 0.6 is 0 Å². The highest BCUT2D eigenvalue weighted by Gasteiger charge is 2.14. The molecular weight excluding hydrogens is 282 g/mol. The van der Waals surface area contributed by atoms with Crippen LogP contribution in [-0.2, 0) is 17.7 Å². The summed E-state index contributed by atoms with van der Waals surface area (Å²) in [5.74, 6) is -1.22. The molecule has 0 aliphatic heterocycles. The molecule has 5 nitrogen and oxygen atoms in total. The first-order valence-corrected chi connectivity index (χ1v) is 7.13. The molecule has 0 aliphatic rings. The number of carbonyl (C=O) groups is 1. The first-order chi connectivity index (χ1) is 10.6. The third kappa shape index (κ3) is 3.26. The smallest absolute Gasteiger partial charge is 0.341 e. The lowest BCUT2D eigenvalue weighted by atomic mass is 10.1. The van der Waals surface area contributed by atoms with E-state index >= 15 is 0 Å². The van der Waals surface area contributed by atoms with E-state index in [1.807, 2.05) is 24.3 Å². The highest BCUT2D eigenvalue weighted by Crippen LogP contribution is 2.19. The maximum absolute atomic E-state index is 12.4. The van der Waals surface area contributed by atoms with Crippen LogP contribution in [0.25, 0.3) is 11.3 Å². The highest BCUT2D eigenvalue weighted by atomic mass is 16.5. The quantitative estimate of drug-likeness (QED) is 0.889. The van der Waals surface area contributed by atoms with Gasteiger partial charge in [0.25, 0.3) is 5.56 Å². The van der Waals surface area contributed by atoms with Gasteiger partial charge in [0, 0.05) is 13.7 Å². The Morgan fingerprint density at radius 3 is 2.41 bits per heavy atom. The highest BCUT2D eigenvalue weighted by molar-refractivity contribution is 5.87. The van der Waals surface area contributed by atoms with Crippen molar-refractivity contribution in [3.05, 3.63) is 57.9 Å². The predicted molar refractivity (Wildman–Crippen MR) is 84.4 cm³/mol. The minimum Gasteiger partial charge on any atom is -0.477 e. The van der Waals surface area contributed by atoms with Gasteiger partial charge in [-0.3, -0.25) is 4.79 Å². The van der Waals surface area contributed by atoms with Gasteiger partial charge in [-0.05, 0) is 29.7 Å². The SMILES string of the molecule is CCc1ccc(-c2ccc(C(=O)O)c(=O)n2CCOC)cc1. The Balaban J connectivity index is 2.55. The molecule has 22 heavy (non-hydrogen) atoms. The summed E-state index contributed by atoms with van der Waals surface area (Å²) < 4.78 is 6.47. The van der Waals surface area contributed by atoms with Crippen LogP contribution in [0.2, 0.25) is 0 Å². The van der Waals surface area contributed by atoms with E-state index in [0.717, 1.165) is 12.0 Å². The number of benzene rings is 1. The van der Waals surface area contributed by atoms with E-state index in [-0.39, 0.29) is 5.56 Å². The van der Waals surface area contributed by atoms with Crippen LogP contribution in [0.5, 0.6) is 0 Å². The van der Waals surface area contributed by atoms with Crippen LogP contribution < -0.4 is 5.56 Å². The van der Waals surface area contributed by atoms with Gasteiger partial charge in [0.1, 0.15) is 5.56 Å². The first kappa shape index (κ1) is 16.0. The van der Waals surface area contributed by atoms with Crippen LogP contribution in [0.1, 0.15) is 22.8 Å². The molecule has 5 heteroatoms. The van der Waals surface area contributed by atoms with Gasteiger partial charge in [0.2, 0.25) is 0 Å². The number of methoxy groups -OCH3 is 1. The van der Waals surface area contributed by atoms with E-state index in [1.165, 1.54) is 16.2 Å². The van der Waals surface area contributed by atoms with Gasteiger partial charge in [-0.2, -0.15) is 0 Å². The van der Waals surface area contributed by atoms with Crippen LogP contribution in [0.3, 0.4) is 0 Å². The van der Waals surface area contributed by atoms with E-state index in [4.69, 9.17) is 9.84 Å². The number of carboxylic acid groups (broad SMARTS) is 1. The predicted octanol–water partition coefficient (Wildman–Crippen LogP) is 2.42. The maximum atomic E-state index is 12.4. The van der Waals surface area contributed by atoms with Crippen molar-refractivity contribution >= 4 is 5.97 Å². The molecule has 0 saturated heterocycles. The topological polar surface area (TPSA) is 68.5 Å². The van der Waals surface area contributed by atoms with Gasteiger partial charge in [0.05, 0.1) is 12.3 Å². The molecule has 1 N–H and O–H groups in total. The zero-order chi connectivity index (χ0) is 16.1. The zero-order valence-corrected chi connectivity index (χ0v) is 12.7. The van der Waals surface area contributed by atoms with E-state index < -0.39 is 11.5 Å². The Bertz CT molecular complexity index is 716. The Kier molecular flexibility index (Phi) is 5.12. The van der Waals surface area contributed by atoms with Crippen molar-refractivity contribution in [1.82, 2.24) is 4.57 Å². The Morgan fingerprint density at radius 2 is 1.86 bits per heavy atom. The summed E-state index contributed by atoms with van der Waals surface area (Å²) in [5, 5.41) is 9.10. The number of rotatable bonds is 6. The number of ether oxygens (including phenoxy) is 1. The van der Waals surface area contributed by atoms with Gasteiger partial charge < -0.3 is 14.4 Å². The Hall–Kier alpha value is -2.40. The summed E-state index contributed by atoms with van der Waals surface area (Å²) in [6.07, 6.45) is 0.939. The summed E-state index contributed by atoms with van der Waals surface area (Å²) in [6, 6.07) is 10.9. The van der Waals surface area contributed by atoms with Crippen molar-refractivity contribution in [1.29, 1.82) is 0 Å². The van der Waals surface area contributed by atoms with Crippen molar-refractivity contribution in [2.45, 2.75) is 19.9 Å². The van der Waals surface area contributed by atoms with Gasteiger partial charge in [-0.15, -0.1) is 0 Å². The van der Waals surface area contributed by atoms with E-state index in [2.05, 4.69) is 6.92 Å². The lowest BCUT2D eigenvalue weighted by Gasteiger charge is -2.14. The molecule has 0 fully saturated rings. The number of aromatic nitrogens is 1. The molecule has 0 spiro atoms. The summed E-state index contributed by atoms with van der Waals surface area (Å²) in [7, 11) is 1.54. The molecule has 0 bridgehead atoms. The minimum atomic E-state index is -1.22. The van der Waals surface area contributed by atoms with Crippen molar-refractivity contribution < 1.29 is 14.6 Å². The second-order valence-corrected chi connectivity index (χ2v) is 4.94. The van der Waals surface area contributed by atoms with Crippen molar-refractivity contribution in [3.8, 4) is 11.3 Å². The minimum absolute atomic E-state index is 0.231. The molecule has 1 aromatic carbocycles. The molecule has 1 heterocycles. The number of carboxylic acids is 1. The van der Waals surface area contributed by atoms with Crippen molar-refractivity contribution in [2.24, 2.45) is 0 Å².